The minimum atomic E-state index is -1.04. The highest BCUT2D eigenvalue weighted by atomic mass is 16.5. The first-order valence-electron chi connectivity index (χ1n) is 14.1. The molecule has 1 aliphatic rings. The van der Waals surface area contributed by atoms with Gasteiger partial charge >= 0.3 is 11.9 Å². The number of ether oxygens (including phenoxy) is 1. The van der Waals surface area contributed by atoms with Crippen LogP contribution in [-0.2, 0) is 19.1 Å². The molecule has 0 fully saturated rings. The first-order chi connectivity index (χ1) is 18.8. The largest absolute Gasteiger partial charge is 0.478 e. The predicted octanol–water partition coefficient (Wildman–Crippen LogP) is 5.76. The quantitative estimate of drug-likeness (QED) is 0.126. The van der Waals surface area contributed by atoms with E-state index in [2.05, 4.69) is 19.9 Å². The standard InChI is InChI=1S/C33H48O7/c1-8-27(13-14-29-24(5)12-15-31(37)40-29)17-21(2)10-9-11-22(3)18-28(20-34)33(39)26(7)32(38)25(6)16-23(4)19-30(35)36/h9,11-15,17-19,21,24-26,28-29,32,34,38H,8,10,16,20H2,1-7H3,(H,35,36)/b11-9+,14-13+,22-18+,23-19+,27-17-/t21-,24+,25-,26-,28+,29-,32-/m1/s1. The molecule has 40 heavy (non-hydrogen) atoms. The molecular weight excluding hydrogens is 508 g/mol. The van der Waals surface area contributed by atoms with Crippen molar-refractivity contribution in [2.45, 2.75) is 79.9 Å². The van der Waals surface area contributed by atoms with Crippen LogP contribution in [0.2, 0.25) is 0 Å². The highest BCUT2D eigenvalue weighted by molar-refractivity contribution is 5.85. The zero-order chi connectivity index (χ0) is 30.4. The summed E-state index contributed by atoms with van der Waals surface area (Å²) in [6, 6.07) is 0. The van der Waals surface area contributed by atoms with Crippen LogP contribution >= 0.6 is 0 Å². The van der Waals surface area contributed by atoms with Gasteiger partial charge in [0.1, 0.15) is 11.9 Å². The molecule has 3 N–H and O–H groups in total. The lowest BCUT2D eigenvalue weighted by molar-refractivity contribution is -0.143. The number of carbonyl (C=O) groups is 3. The second-order valence-corrected chi connectivity index (χ2v) is 11.1. The van der Waals surface area contributed by atoms with Crippen LogP contribution in [0.4, 0.5) is 0 Å². The highest BCUT2D eigenvalue weighted by Gasteiger charge is 2.30. The maximum Gasteiger partial charge on any atom is 0.331 e. The fraction of sp³-hybridized carbons (Fsp3) is 0.545. The van der Waals surface area contributed by atoms with Crippen molar-refractivity contribution in [2.75, 3.05) is 6.61 Å². The number of ketones is 1. The van der Waals surface area contributed by atoms with E-state index >= 15 is 0 Å². The summed E-state index contributed by atoms with van der Waals surface area (Å²) in [5, 5.41) is 29.5. The van der Waals surface area contributed by atoms with E-state index < -0.39 is 23.9 Å². The molecule has 0 amide bonds. The molecule has 0 saturated carbocycles. The van der Waals surface area contributed by atoms with E-state index in [1.54, 1.807) is 26.8 Å². The summed E-state index contributed by atoms with van der Waals surface area (Å²) >= 11 is 0. The second-order valence-electron chi connectivity index (χ2n) is 11.1. The number of hydrogen-bond acceptors (Lipinski definition) is 6. The van der Waals surface area contributed by atoms with Gasteiger partial charge in [-0.2, -0.15) is 0 Å². The molecule has 0 radical (unpaired) electrons. The first kappa shape index (κ1) is 35.0. The smallest absolute Gasteiger partial charge is 0.331 e. The van der Waals surface area contributed by atoms with E-state index in [1.807, 2.05) is 44.2 Å². The number of carboxylic acids is 1. The topological polar surface area (TPSA) is 121 Å². The number of Topliss-reactive ketones (excluding diaryl/α,β-unsaturated/α-hetero) is 1. The van der Waals surface area contributed by atoms with E-state index in [1.165, 1.54) is 6.08 Å². The summed E-state index contributed by atoms with van der Waals surface area (Å²) in [7, 11) is 0. The zero-order valence-corrected chi connectivity index (χ0v) is 25.0. The van der Waals surface area contributed by atoms with E-state index in [9.17, 15) is 24.6 Å². The number of cyclic esters (lactones) is 1. The van der Waals surface area contributed by atoms with Gasteiger partial charge in [0.15, 0.2) is 0 Å². The number of aliphatic hydroxyl groups is 2. The summed E-state index contributed by atoms with van der Waals surface area (Å²) in [4.78, 5) is 35.4. The number of carboxylic acid groups (broad SMARTS) is 1. The monoisotopic (exact) mass is 556 g/mol. The molecule has 7 atom stereocenters. The van der Waals surface area contributed by atoms with E-state index in [0.29, 0.717) is 12.0 Å². The minimum absolute atomic E-state index is 0.136. The van der Waals surface area contributed by atoms with Crippen LogP contribution in [0.3, 0.4) is 0 Å². The van der Waals surface area contributed by atoms with Crippen molar-refractivity contribution in [3.05, 3.63) is 71.4 Å². The molecule has 222 valence electrons. The van der Waals surface area contributed by atoms with E-state index in [-0.39, 0.29) is 42.2 Å². The Morgan fingerprint density at radius 3 is 2.40 bits per heavy atom. The molecular formula is C33H48O7. The molecule has 0 aromatic carbocycles. The zero-order valence-electron chi connectivity index (χ0n) is 25.0. The van der Waals surface area contributed by atoms with Crippen LogP contribution < -0.4 is 0 Å². The van der Waals surface area contributed by atoms with Gasteiger partial charge in [0.25, 0.3) is 0 Å². The lowest BCUT2D eigenvalue weighted by Crippen LogP contribution is -2.35. The number of esters is 1. The Hall–Kier alpha value is -3.03. The molecule has 0 unspecified atom stereocenters. The van der Waals surface area contributed by atoms with Gasteiger partial charge in [0, 0.05) is 24.0 Å². The van der Waals surface area contributed by atoms with Crippen LogP contribution in [0.5, 0.6) is 0 Å². The lowest BCUT2D eigenvalue weighted by Gasteiger charge is -2.26. The molecule has 0 aromatic heterocycles. The fourth-order valence-corrected chi connectivity index (χ4v) is 4.74. The van der Waals surface area contributed by atoms with Crippen molar-refractivity contribution >= 4 is 17.7 Å². The molecule has 1 heterocycles. The Morgan fingerprint density at radius 2 is 1.80 bits per heavy atom. The number of aliphatic hydroxyl groups excluding tert-OH is 2. The van der Waals surface area contributed by atoms with Crippen LogP contribution in [0, 0.1) is 29.6 Å². The van der Waals surface area contributed by atoms with Gasteiger partial charge in [0.05, 0.1) is 18.6 Å². The van der Waals surface area contributed by atoms with Gasteiger partial charge in [-0.05, 0) is 51.0 Å². The number of rotatable bonds is 16. The average Bonchev–Trinajstić information content (AvgIpc) is 2.89. The third kappa shape index (κ3) is 12.4. The van der Waals surface area contributed by atoms with Gasteiger partial charge in [-0.25, -0.2) is 9.59 Å². The van der Waals surface area contributed by atoms with Crippen LogP contribution in [-0.4, -0.2) is 51.9 Å². The molecule has 0 spiro atoms. The highest BCUT2D eigenvalue weighted by Crippen LogP contribution is 2.24. The summed E-state index contributed by atoms with van der Waals surface area (Å²) in [5.74, 6) is -2.97. The Bertz CT molecular complexity index is 1040. The van der Waals surface area contributed by atoms with Crippen molar-refractivity contribution in [1.82, 2.24) is 0 Å². The number of allylic oxidation sites excluding steroid dienone is 7. The van der Waals surface area contributed by atoms with Crippen LogP contribution in [0.1, 0.15) is 67.7 Å². The lowest BCUT2D eigenvalue weighted by atomic mass is 9.82. The third-order valence-corrected chi connectivity index (χ3v) is 7.19. The second kappa shape index (κ2) is 17.6. The van der Waals surface area contributed by atoms with E-state index in [0.717, 1.165) is 30.1 Å². The third-order valence-electron chi connectivity index (χ3n) is 7.19. The summed E-state index contributed by atoms with van der Waals surface area (Å²) in [5.41, 5.74) is 2.62. The maximum absolute atomic E-state index is 13.0. The molecule has 7 nitrogen and oxygen atoms in total. The summed E-state index contributed by atoms with van der Waals surface area (Å²) in [6.07, 6.45) is 17.1. The first-order valence-corrected chi connectivity index (χ1v) is 14.1. The van der Waals surface area contributed by atoms with Gasteiger partial charge < -0.3 is 20.1 Å². The van der Waals surface area contributed by atoms with Crippen LogP contribution in [0.25, 0.3) is 0 Å². The normalized spacial score (nSPS) is 22.7. The van der Waals surface area contributed by atoms with Crippen molar-refractivity contribution in [1.29, 1.82) is 0 Å². The molecule has 0 aromatic rings. The number of carbonyl (C=O) groups excluding carboxylic acids is 2. The molecule has 0 bridgehead atoms. The summed E-state index contributed by atoms with van der Waals surface area (Å²) in [6.45, 7) is 12.8. The fourth-order valence-electron chi connectivity index (χ4n) is 4.74. The van der Waals surface area contributed by atoms with Crippen LogP contribution in [0.15, 0.2) is 71.4 Å². The predicted molar refractivity (Wildman–Crippen MR) is 158 cm³/mol. The van der Waals surface area contributed by atoms with Gasteiger partial charge in [0.2, 0.25) is 0 Å². The molecule has 0 aliphatic carbocycles. The Morgan fingerprint density at radius 1 is 1.12 bits per heavy atom. The minimum Gasteiger partial charge on any atom is -0.478 e. The van der Waals surface area contributed by atoms with Crippen molar-refractivity contribution in [3.63, 3.8) is 0 Å². The number of aliphatic carboxylic acids is 1. The Balaban J connectivity index is 2.76. The molecule has 0 saturated heterocycles. The van der Waals surface area contributed by atoms with Crippen molar-refractivity contribution in [3.8, 4) is 0 Å². The Labute approximate surface area is 239 Å². The molecule has 7 heteroatoms. The van der Waals surface area contributed by atoms with Gasteiger partial charge in [-0.3, -0.25) is 4.79 Å². The summed E-state index contributed by atoms with van der Waals surface area (Å²) < 4.78 is 5.38. The number of hydrogen-bond donors (Lipinski definition) is 3. The average molecular weight is 557 g/mol. The van der Waals surface area contributed by atoms with Gasteiger partial charge in [-0.1, -0.05) is 87.8 Å². The Kier molecular flexibility index (Phi) is 15.4. The molecule has 1 rings (SSSR count). The van der Waals surface area contributed by atoms with Gasteiger partial charge in [-0.15, -0.1) is 0 Å². The maximum atomic E-state index is 13.0. The van der Waals surface area contributed by atoms with E-state index in [4.69, 9.17) is 9.84 Å². The molecule has 1 aliphatic heterocycles. The SMILES string of the molecule is CCC(=C/[C@H](C)C/C=C/C(C)=C/[C@@H](CO)C(=O)[C@H](C)[C@H](O)[C@H](C)C/C(C)=C/C(=O)O)/C=C/[C@H]1OC(=O)C=C[C@@H]1C. The van der Waals surface area contributed by atoms with Crippen molar-refractivity contribution < 1.29 is 34.4 Å². The van der Waals surface area contributed by atoms with Crippen molar-refractivity contribution in [2.24, 2.45) is 29.6 Å².